The largest absolute Gasteiger partial charge is 0.466 e. The van der Waals surface area contributed by atoms with Gasteiger partial charge in [-0.05, 0) is 57.2 Å². The van der Waals surface area contributed by atoms with Crippen LogP contribution in [0.25, 0.3) is 5.69 Å². The Labute approximate surface area is 190 Å². The molecule has 3 rings (SSSR count). The van der Waals surface area contributed by atoms with Crippen molar-refractivity contribution in [1.82, 2.24) is 14.5 Å². The fraction of sp³-hybridized carbons (Fsp3) is 0.455. The van der Waals surface area contributed by atoms with E-state index in [1.54, 1.807) is 16.4 Å². The molecule has 2 heterocycles. The number of halogens is 1. The third-order valence-corrected chi connectivity index (χ3v) is 5.92. The zero-order chi connectivity index (χ0) is 23.3. The Morgan fingerprint density at radius 2 is 1.88 bits per heavy atom. The smallest absolute Gasteiger partial charge is 0.357 e. The summed E-state index contributed by atoms with van der Waals surface area (Å²) in [6, 6.07) is 5.66. The number of thioether (sulfide) groups is 1. The van der Waals surface area contributed by atoms with Crippen LogP contribution in [-0.4, -0.2) is 64.4 Å². The third kappa shape index (κ3) is 5.29. The molecule has 1 aromatic heterocycles. The minimum atomic E-state index is -1.00. The number of aromatic nitrogens is 2. The summed E-state index contributed by atoms with van der Waals surface area (Å²) in [5, 5.41) is 0.531. The number of nitrogens with zero attached hydrogens (tertiary/aromatic N) is 3. The van der Waals surface area contributed by atoms with Crippen LogP contribution in [0.1, 0.15) is 37.2 Å². The minimum absolute atomic E-state index is 0.140. The van der Waals surface area contributed by atoms with Crippen molar-refractivity contribution in [3.63, 3.8) is 0 Å². The van der Waals surface area contributed by atoms with Crippen molar-refractivity contribution in [2.45, 2.75) is 37.9 Å². The summed E-state index contributed by atoms with van der Waals surface area (Å²) in [6.07, 6.45) is 3.21. The predicted molar refractivity (Wildman–Crippen MR) is 116 cm³/mol. The number of imidazole rings is 1. The van der Waals surface area contributed by atoms with E-state index in [9.17, 15) is 18.8 Å². The van der Waals surface area contributed by atoms with Crippen molar-refractivity contribution in [2.75, 3.05) is 26.0 Å². The van der Waals surface area contributed by atoms with Crippen LogP contribution >= 0.6 is 11.8 Å². The Hall–Kier alpha value is -2.88. The zero-order valence-corrected chi connectivity index (χ0v) is 19.1. The molecular weight excluding hydrogens is 437 g/mol. The summed E-state index contributed by atoms with van der Waals surface area (Å²) >= 11 is 1.32. The van der Waals surface area contributed by atoms with Gasteiger partial charge in [-0.2, -0.15) is 0 Å². The van der Waals surface area contributed by atoms with E-state index in [-0.39, 0.29) is 23.5 Å². The number of hydrogen-bond donors (Lipinski definition) is 0. The quantitative estimate of drug-likeness (QED) is 0.460. The predicted octanol–water partition coefficient (Wildman–Crippen LogP) is 3.08. The van der Waals surface area contributed by atoms with Gasteiger partial charge in [-0.1, -0.05) is 11.8 Å². The van der Waals surface area contributed by atoms with Gasteiger partial charge in [0.1, 0.15) is 5.82 Å². The van der Waals surface area contributed by atoms with Crippen molar-refractivity contribution < 1.29 is 28.2 Å². The fourth-order valence-electron chi connectivity index (χ4n) is 3.59. The van der Waals surface area contributed by atoms with Crippen LogP contribution in [0, 0.1) is 11.7 Å². The summed E-state index contributed by atoms with van der Waals surface area (Å²) < 4.78 is 25.4. The van der Waals surface area contributed by atoms with Crippen LogP contribution in [0.3, 0.4) is 0 Å². The maximum atomic E-state index is 13.3. The molecule has 2 aromatic rings. The molecular formula is C22H26FN3O5S. The molecule has 1 aromatic carbocycles. The van der Waals surface area contributed by atoms with Crippen LogP contribution in [0.2, 0.25) is 0 Å². The molecule has 8 nitrogen and oxygen atoms in total. The van der Waals surface area contributed by atoms with Gasteiger partial charge in [0.2, 0.25) is 0 Å². The Morgan fingerprint density at radius 3 is 2.47 bits per heavy atom. The second-order valence-electron chi connectivity index (χ2n) is 7.34. The molecule has 0 spiro atoms. The van der Waals surface area contributed by atoms with Crippen LogP contribution in [0.4, 0.5) is 4.39 Å². The van der Waals surface area contributed by atoms with Crippen LogP contribution in [-0.2, 0) is 19.1 Å². The van der Waals surface area contributed by atoms with E-state index in [1.165, 1.54) is 49.1 Å². The number of carbonyl (C=O) groups excluding carboxylic acids is 3. The first-order chi connectivity index (χ1) is 15.3. The van der Waals surface area contributed by atoms with Crippen LogP contribution < -0.4 is 0 Å². The van der Waals surface area contributed by atoms with E-state index < -0.39 is 17.9 Å². The monoisotopic (exact) mass is 463 g/mol. The summed E-state index contributed by atoms with van der Waals surface area (Å²) in [6.45, 7) is 4.41. The van der Waals surface area contributed by atoms with Gasteiger partial charge >= 0.3 is 11.9 Å². The molecule has 0 saturated carbocycles. The molecule has 1 amide bonds. The highest BCUT2D eigenvalue weighted by Gasteiger charge is 2.32. The molecule has 32 heavy (non-hydrogen) atoms. The van der Waals surface area contributed by atoms with Crippen molar-refractivity contribution in [3.05, 3.63) is 42.0 Å². The fourth-order valence-corrected chi connectivity index (χ4v) is 4.13. The molecule has 1 saturated heterocycles. The number of ether oxygens (including phenoxy) is 2. The summed E-state index contributed by atoms with van der Waals surface area (Å²) in [4.78, 5) is 43.3. The highest BCUT2D eigenvalue weighted by Crippen LogP contribution is 2.24. The molecule has 172 valence electrons. The first-order valence-corrected chi connectivity index (χ1v) is 11.6. The summed E-state index contributed by atoms with van der Waals surface area (Å²) in [7, 11) is 0. The van der Waals surface area contributed by atoms with Gasteiger partial charge in [-0.3, -0.25) is 14.2 Å². The van der Waals surface area contributed by atoms with Gasteiger partial charge in [0.25, 0.3) is 5.91 Å². The van der Waals surface area contributed by atoms with Gasteiger partial charge in [0.15, 0.2) is 17.0 Å². The van der Waals surface area contributed by atoms with Crippen molar-refractivity contribution >= 4 is 29.6 Å². The van der Waals surface area contributed by atoms with E-state index in [4.69, 9.17) is 9.47 Å². The third-order valence-electron chi connectivity index (χ3n) is 5.26. The lowest BCUT2D eigenvalue weighted by molar-refractivity contribution is -0.152. The van der Waals surface area contributed by atoms with Gasteiger partial charge in [0, 0.05) is 18.8 Å². The Morgan fingerprint density at radius 1 is 1.22 bits per heavy atom. The van der Waals surface area contributed by atoms with Gasteiger partial charge < -0.3 is 14.4 Å². The van der Waals surface area contributed by atoms with Crippen LogP contribution in [0.5, 0.6) is 0 Å². The molecule has 1 aliphatic rings. The molecule has 1 unspecified atom stereocenters. The number of piperidine rings is 1. The topological polar surface area (TPSA) is 90.7 Å². The van der Waals surface area contributed by atoms with Gasteiger partial charge in [0.05, 0.1) is 18.7 Å². The van der Waals surface area contributed by atoms with Gasteiger partial charge in [-0.25, -0.2) is 14.2 Å². The number of benzene rings is 1. The second-order valence-corrected chi connectivity index (χ2v) is 8.11. The average Bonchev–Trinajstić information content (AvgIpc) is 3.23. The molecule has 0 radical (unpaired) electrons. The summed E-state index contributed by atoms with van der Waals surface area (Å²) in [5.74, 6) is -1.87. The Bertz CT molecular complexity index is 970. The normalized spacial score (nSPS) is 15.3. The van der Waals surface area contributed by atoms with Crippen molar-refractivity contribution in [3.8, 4) is 5.69 Å². The number of carbonyl (C=O) groups is 3. The highest BCUT2D eigenvalue weighted by molar-refractivity contribution is 7.98. The maximum absolute atomic E-state index is 13.3. The highest BCUT2D eigenvalue weighted by atomic mass is 32.2. The molecule has 10 heteroatoms. The molecule has 0 bridgehead atoms. The van der Waals surface area contributed by atoms with E-state index in [0.717, 1.165) is 0 Å². The Balaban J connectivity index is 1.66. The number of rotatable bonds is 7. The lowest BCUT2D eigenvalue weighted by Crippen LogP contribution is -2.45. The number of amides is 1. The van der Waals surface area contributed by atoms with Crippen molar-refractivity contribution in [1.29, 1.82) is 0 Å². The first kappa shape index (κ1) is 23.8. The number of likely N-dealkylation sites (tertiary alicyclic amines) is 1. The molecule has 1 aliphatic heterocycles. The molecule has 1 atom stereocenters. The molecule has 0 aliphatic carbocycles. The summed E-state index contributed by atoms with van der Waals surface area (Å²) in [5.41, 5.74) is 0.696. The standard InChI is InChI=1S/C22H26FN3O5S/c1-4-30-20(28)15-9-11-25(12-10-15)19(27)14(2)31-21(29)18-13-24-22(32-3)26(18)17-7-5-16(23)6-8-17/h5-8,13-15H,4,9-12H2,1-3H3. The minimum Gasteiger partial charge on any atom is -0.466 e. The average molecular weight is 464 g/mol. The number of esters is 2. The van der Waals surface area contributed by atoms with E-state index in [2.05, 4.69) is 4.98 Å². The first-order valence-electron chi connectivity index (χ1n) is 10.4. The van der Waals surface area contributed by atoms with E-state index >= 15 is 0 Å². The number of hydrogen-bond acceptors (Lipinski definition) is 7. The molecule has 0 N–H and O–H groups in total. The van der Waals surface area contributed by atoms with Crippen LogP contribution in [0.15, 0.2) is 35.6 Å². The maximum Gasteiger partial charge on any atom is 0.357 e. The SMILES string of the molecule is CCOC(=O)C1CCN(C(=O)C(C)OC(=O)c2cnc(SC)n2-c2ccc(F)cc2)CC1. The molecule has 1 fully saturated rings. The van der Waals surface area contributed by atoms with E-state index in [0.29, 0.717) is 43.4 Å². The zero-order valence-electron chi connectivity index (χ0n) is 18.2. The second kappa shape index (κ2) is 10.6. The van der Waals surface area contributed by atoms with E-state index in [1.807, 2.05) is 6.26 Å². The lowest BCUT2D eigenvalue weighted by Gasteiger charge is -2.32. The van der Waals surface area contributed by atoms with Gasteiger partial charge in [-0.15, -0.1) is 0 Å². The van der Waals surface area contributed by atoms with Crippen molar-refractivity contribution in [2.24, 2.45) is 5.92 Å². The lowest BCUT2D eigenvalue weighted by atomic mass is 9.97. The Kier molecular flexibility index (Phi) is 7.89.